The maximum absolute atomic E-state index is 10.5. The summed E-state index contributed by atoms with van der Waals surface area (Å²) in [7, 11) is 1.63. The molecule has 1 unspecified atom stereocenters. The van der Waals surface area contributed by atoms with Gasteiger partial charge in [0.05, 0.1) is 7.11 Å². The number of methoxy groups -OCH3 is 1. The fourth-order valence-electron chi connectivity index (χ4n) is 5.22. The fraction of sp³-hybridized carbons (Fsp3) is 0.355. The number of fused-ring (bicyclic) bond motifs is 2. The van der Waals surface area contributed by atoms with E-state index in [0.29, 0.717) is 18.0 Å². The van der Waals surface area contributed by atoms with Gasteiger partial charge in [-0.1, -0.05) is 60.7 Å². The molecule has 2 aliphatic rings. The number of ether oxygens (including phenoxy) is 2. The van der Waals surface area contributed by atoms with Gasteiger partial charge < -0.3 is 24.4 Å². The van der Waals surface area contributed by atoms with Crippen molar-refractivity contribution in [1.29, 1.82) is 0 Å². The van der Waals surface area contributed by atoms with E-state index in [1.54, 1.807) is 7.11 Å². The molecule has 1 N–H and O–H groups in total. The lowest BCUT2D eigenvalue weighted by Crippen LogP contribution is -2.49. The van der Waals surface area contributed by atoms with Crippen molar-refractivity contribution < 1.29 is 14.6 Å². The number of aliphatic hydroxyl groups excluding tert-OH is 1. The minimum Gasteiger partial charge on any atom is -0.493 e. The molecule has 3 aromatic carbocycles. The van der Waals surface area contributed by atoms with Crippen molar-refractivity contribution in [3.8, 4) is 11.5 Å². The van der Waals surface area contributed by atoms with Crippen LogP contribution in [0, 0.1) is 0 Å². The summed E-state index contributed by atoms with van der Waals surface area (Å²) in [5.74, 6) is 1.35. The average Bonchev–Trinajstić information content (AvgIpc) is 3.10. The van der Waals surface area contributed by atoms with Crippen LogP contribution in [0.15, 0.2) is 72.8 Å². The molecule has 37 heavy (non-hydrogen) atoms. The topological polar surface area (TPSA) is 48.4 Å². The van der Waals surface area contributed by atoms with Gasteiger partial charge in [-0.05, 0) is 48.4 Å². The Hall–Kier alpha value is -3.32. The molecule has 0 spiro atoms. The molecule has 1 fully saturated rings. The number of hydrogen-bond acceptors (Lipinski definition) is 6. The first-order valence-corrected chi connectivity index (χ1v) is 13.2. The monoisotopic (exact) mass is 499 g/mol. The summed E-state index contributed by atoms with van der Waals surface area (Å²) < 4.78 is 11.1. The number of aliphatic hydroxyl groups is 1. The van der Waals surface area contributed by atoms with E-state index in [2.05, 4.69) is 75.4 Å². The molecule has 6 heteroatoms. The van der Waals surface area contributed by atoms with E-state index in [9.17, 15) is 5.11 Å². The molecule has 0 aliphatic carbocycles. The van der Waals surface area contributed by atoms with Crippen molar-refractivity contribution in [1.82, 2.24) is 9.80 Å². The van der Waals surface area contributed by atoms with Crippen LogP contribution in [0.2, 0.25) is 0 Å². The van der Waals surface area contributed by atoms with Crippen molar-refractivity contribution >= 4 is 23.5 Å². The molecule has 0 saturated carbocycles. The molecule has 3 aromatic rings. The van der Waals surface area contributed by atoms with Crippen molar-refractivity contribution in [2.24, 2.45) is 0 Å². The number of piperazine rings is 1. The van der Waals surface area contributed by atoms with Gasteiger partial charge in [0.1, 0.15) is 12.7 Å². The molecule has 5 rings (SSSR count). The minimum atomic E-state index is -0.534. The maximum Gasteiger partial charge on any atom is 0.161 e. The predicted octanol–water partition coefficient (Wildman–Crippen LogP) is 4.76. The molecular formula is C31H37N3O3. The standard InChI is InChI=1S/C31H37N3O3/c1-36-30-13-6-7-14-31(30)37-24-27(35)23-33-21-19-32(20-22-33)17-8-18-34-28-11-4-2-9-25(28)15-16-26-10-3-5-12-29(26)34/h2-7,9-16,27,35H,8,17-24H2,1H3. The highest BCUT2D eigenvalue weighted by Crippen LogP contribution is 2.36. The highest BCUT2D eigenvalue weighted by Gasteiger charge is 2.21. The van der Waals surface area contributed by atoms with Crippen LogP contribution in [0.4, 0.5) is 11.4 Å². The van der Waals surface area contributed by atoms with Crippen LogP contribution in [-0.4, -0.2) is 80.5 Å². The van der Waals surface area contributed by atoms with Gasteiger partial charge in [0, 0.05) is 50.6 Å². The highest BCUT2D eigenvalue weighted by molar-refractivity contribution is 5.88. The lowest BCUT2D eigenvalue weighted by Gasteiger charge is -2.36. The number of nitrogens with zero attached hydrogens (tertiary/aromatic N) is 3. The molecule has 0 radical (unpaired) electrons. The zero-order valence-corrected chi connectivity index (χ0v) is 21.6. The lowest BCUT2D eigenvalue weighted by atomic mass is 10.1. The Morgan fingerprint density at radius 3 is 1.95 bits per heavy atom. The SMILES string of the molecule is COc1ccccc1OCC(O)CN1CCN(CCCN2c3ccccc3C=Cc3ccccc32)CC1. The Bertz CT molecular complexity index is 1140. The van der Waals surface area contributed by atoms with E-state index in [1.165, 1.54) is 22.5 Å². The van der Waals surface area contributed by atoms with Gasteiger partial charge in [-0.25, -0.2) is 0 Å². The van der Waals surface area contributed by atoms with Crippen LogP contribution in [0.1, 0.15) is 17.5 Å². The molecule has 6 nitrogen and oxygen atoms in total. The molecule has 2 heterocycles. The van der Waals surface area contributed by atoms with Gasteiger partial charge in [-0.3, -0.25) is 4.90 Å². The molecule has 2 aliphatic heterocycles. The summed E-state index contributed by atoms with van der Waals surface area (Å²) in [6, 6.07) is 24.9. The lowest BCUT2D eigenvalue weighted by molar-refractivity contribution is 0.0454. The molecule has 0 bridgehead atoms. The van der Waals surface area contributed by atoms with Crippen LogP contribution < -0.4 is 14.4 Å². The molecule has 194 valence electrons. The second-order valence-electron chi connectivity index (χ2n) is 9.71. The smallest absolute Gasteiger partial charge is 0.161 e. The Morgan fingerprint density at radius 1 is 0.730 bits per heavy atom. The zero-order chi connectivity index (χ0) is 25.5. The van der Waals surface area contributed by atoms with Crippen molar-refractivity contribution in [3.05, 3.63) is 83.9 Å². The van der Waals surface area contributed by atoms with Gasteiger partial charge in [-0.15, -0.1) is 0 Å². The third kappa shape index (κ3) is 6.34. The van der Waals surface area contributed by atoms with Crippen LogP contribution >= 0.6 is 0 Å². The first-order chi connectivity index (χ1) is 18.2. The quantitative estimate of drug-likeness (QED) is 0.434. The van der Waals surface area contributed by atoms with Gasteiger partial charge in [0.25, 0.3) is 0 Å². The van der Waals surface area contributed by atoms with Crippen LogP contribution in [0.25, 0.3) is 12.2 Å². The van der Waals surface area contributed by atoms with Gasteiger partial charge in [0.15, 0.2) is 11.5 Å². The van der Waals surface area contributed by atoms with E-state index in [-0.39, 0.29) is 6.61 Å². The van der Waals surface area contributed by atoms with Crippen LogP contribution in [0.3, 0.4) is 0 Å². The largest absolute Gasteiger partial charge is 0.493 e. The average molecular weight is 500 g/mol. The molecule has 1 saturated heterocycles. The summed E-state index contributed by atoms with van der Waals surface area (Å²) in [5, 5.41) is 10.5. The summed E-state index contributed by atoms with van der Waals surface area (Å²) in [6.07, 6.45) is 5.01. The van der Waals surface area contributed by atoms with E-state index in [0.717, 1.165) is 45.7 Å². The number of para-hydroxylation sites is 4. The second kappa shape index (κ2) is 12.3. The first-order valence-electron chi connectivity index (χ1n) is 13.2. The summed E-state index contributed by atoms with van der Waals surface area (Å²) in [6.45, 7) is 6.90. The zero-order valence-electron chi connectivity index (χ0n) is 21.6. The number of benzene rings is 3. The molecule has 0 amide bonds. The van der Waals surface area contributed by atoms with E-state index < -0.39 is 6.10 Å². The molecule has 1 atom stereocenters. The number of hydrogen-bond donors (Lipinski definition) is 1. The summed E-state index contributed by atoms with van der Waals surface area (Å²) in [5.41, 5.74) is 5.08. The van der Waals surface area contributed by atoms with E-state index in [1.807, 2.05) is 24.3 Å². The predicted molar refractivity (Wildman–Crippen MR) is 151 cm³/mol. The van der Waals surface area contributed by atoms with Crippen LogP contribution in [-0.2, 0) is 0 Å². The third-order valence-corrected chi connectivity index (χ3v) is 7.19. The van der Waals surface area contributed by atoms with Gasteiger partial charge in [-0.2, -0.15) is 0 Å². The summed E-state index contributed by atoms with van der Waals surface area (Å²) in [4.78, 5) is 7.35. The number of β-amino-alcohol motifs (C(OH)–C–C–N with tert-alkyl or cyclic N) is 1. The Labute approximate surface area is 220 Å². The minimum absolute atomic E-state index is 0.258. The van der Waals surface area contributed by atoms with E-state index in [4.69, 9.17) is 9.47 Å². The second-order valence-corrected chi connectivity index (χ2v) is 9.71. The number of anilines is 2. The fourth-order valence-corrected chi connectivity index (χ4v) is 5.22. The normalized spacial score (nSPS) is 16.5. The first kappa shape index (κ1) is 25.3. The van der Waals surface area contributed by atoms with Gasteiger partial charge in [0.2, 0.25) is 0 Å². The number of rotatable bonds is 10. The third-order valence-electron chi connectivity index (χ3n) is 7.19. The Morgan fingerprint density at radius 2 is 1.30 bits per heavy atom. The highest BCUT2D eigenvalue weighted by atomic mass is 16.5. The Balaban J connectivity index is 1.08. The van der Waals surface area contributed by atoms with Crippen molar-refractivity contribution in [2.75, 3.05) is 64.4 Å². The van der Waals surface area contributed by atoms with Crippen LogP contribution in [0.5, 0.6) is 11.5 Å². The van der Waals surface area contributed by atoms with Gasteiger partial charge >= 0.3 is 0 Å². The molecule has 0 aromatic heterocycles. The van der Waals surface area contributed by atoms with E-state index >= 15 is 0 Å². The molecular weight excluding hydrogens is 462 g/mol. The van der Waals surface area contributed by atoms with Crippen molar-refractivity contribution in [3.63, 3.8) is 0 Å². The maximum atomic E-state index is 10.5. The Kier molecular flexibility index (Phi) is 8.41. The van der Waals surface area contributed by atoms with Crippen molar-refractivity contribution in [2.45, 2.75) is 12.5 Å². The summed E-state index contributed by atoms with van der Waals surface area (Å²) >= 11 is 0.